The molecule has 106 valence electrons. The van der Waals surface area contributed by atoms with Crippen molar-refractivity contribution in [2.75, 3.05) is 43.5 Å². The van der Waals surface area contributed by atoms with Crippen LogP contribution in [-0.2, 0) is 0 Å². The van der Waals surface area contributed by atoms with Crippen LogP contribution >= 0.6 is 0 Å². The summed E-state index contributed by atoms with van der Waals surface area (Å²) < 4.78 is 0. The molecule has 1 aromatic carbocycles. The Morgan fingerprint density at radius 1 is 1.26 bits per heavy atom. The van der Waals surface area contributed by atoms with Crippen LogP contribution in [-0.4, -0.2) is 39.8 Å². The Morgan fingerprint density at radius 3 is 2.47 bits per heavy atom. The molecular weight excluding hydrogens is 234 g/mol. The first-order valence-electron chi connectivity index (χ1n) is 7.37. The van der Waals surface area contributed by atoms with E-state index in [4.69, 9.17) is 0 Å². The molecule has 0 saturated carbocycles. The Balaban J connectivity index is 2.00. The summed E-state index contributed by atoms with van der Waals surface area (Å²) in [6.45, 7) is 7.93. The van der Waals surface area contributed by atoms with Crippen LogP contribution in [0.4, 0.5) is 11.4 Å². The topological polar surface area (TPSA) is 18.5 Å². The van der Waals surface area contributed by atoms with E-state index in [9.17, 15) is 0 Å². The van der Waals surface area contributed by atoms with Crippen LogP contribution in [0.1, 0.15) is 20.3 Å². The molecule has 0 spiro atoms. The molecule has 2 atom stereocenters. The van der Waals surface area contributed by atoms with E-state index in [1.54, 1.807) is 0 Å². The Labute approximate surface area is 117 Å². The van der Waals surface area contributed by atoms with Crippen molar-refractivity contribution in [3.8, 4) is 0 Å². The smallest absolute Gasteiger partial charge is 0.0367 e. The number of benzene rings is 1. The first-order chi connectivity index (χ1) is 9.11. The lowest BCUT2D eigenvalue weighted by molar-refractivity contribution is 0.327. The van der Waals surface area contributed by atoms with E-state index >= 15 is 0 Å². The van der Waals surface area contributed by atoms with Gasteiger partial charge in [0.25, 0.3) is 0 Å². The maximum Gasteiger partial charge on any atom is 0.0367 e. The second-order valence-electron chi connectivity index (χ2n) is 5.79. The van der Waals surface area contributed by atoms with Gasteiger partial charge in [-0.3, -0.25) is 0 Å². The molecule has 1 fully saturated rings. The predicted molar refractivity (Wildman–Crippen MR) is 84.2 cm³/mol. The Bertz CT molecular complexity index is 385. The van der Waals surface area contributed by atoms with Crippen molar-refractivity contribution in [3.05, 3.63) is 24.3 Å². The quantitative estimate of drug-likeness (QED) is 0.898. The third kappa shape index (κ3) is 3.41. The number of nitrogens with zero attached hydrogens (tertiary/aromatic N) is 2. The largest absolute Gasteiger partial charge is 0.378 e. The average molecular weight is 261 g/mol. The number of nitrogens with one attached hydrogen (secondary N) is 1. The predicted octanol–water partition coefficient (Wildman–Crippen LogP) is 2.58. The Kier molecular flexibility index (Phi) is 4.70. The molecule has 3 heteroatoms. The molecule has 0 bridgehead atoms. The molecule has 0 radical (unpaired) electrons. The van der Waals surface area contributed by atoms with Crippen molar-refractivity contribution in [1.82, 2.24) is 5.32 Å². The molecule has 0 aliphatic carbocycles. The first-order valence-corrected chi connectivity index (χ1v) is 7.37. The van der Waals surface area contributed by atoms with Crippen molar-refractivity contribution >= 4 is 11.4 Å². The number of anilines is 2. The standard InChI is InChI=1S/C16H27N3/c1-5-17-16-10-11-19(12-13(16)2)15-8-6-14(7-9-15)18(3)4/h6-9,13,16-17H,5,10-12H2,1-4H3. The van der Waals surface area contributed by atoms with Gasteiger partial charge in [-0.1, -0.05) is 13.8 Å². The van der Waals surface area contributed by atoms with Crippen molar-refractivity contribution in [2.24, 2.45) is 5.92 Å². The van der Waals surface area contributed by atoms with Gasteiger partial charge in [-0.2, -0.15) is 0 Å². The minimum Gasteiger partial charge on any atom is -0.378 e. The van der Waals surface area contributed by atoms with E-state index in [1.165, 1.54) is 17.8 Å². The van der Waals surface area contributed by atoms with Gasteiger partial charge in [0.05, 0.1) is 0 Å². The number of hydrogen-bond acceptors (Lipinski definition) is 3. The van der Waals surface area contributed by atoms with Gasteiger partial charge in [0.2, 0.25) is 0 Å². The van der Waals surface area contributed by atoms with Gasteiger partial charge < -0.3 is 15.1 Å². The molecule has 1 aromatic rings. The lowest BCUT2D eigenvalue weighted by Crippen LogP contribution is -2.48. The van der Waals surface area contributed by atoms with E-state index in [0.29, 0.717) is 12.0 Å². The van der Waals surface area contributed by atoms with Crippen LogP contribution in [0.25, 0.3) is 0 Å². The lowest BCUT2D eigenvalue weighted by atomic mass is 9.93. The zero-order valence-electron chi connectivity index (χ0n) is 12.7. The van der Waals surface area contributed by atoms with E-state index < -0.39 is 0 Å². The van der Waals surface area contributed by atoms with Crippen LogP contribution in [0.5, 0.6) is 0 Å². The first kappa shape index (κ1) is 14.2. The van der Waals surface area contributed by atoms with E-state index in [1.807, 2.05) is 0 Å². The Hall–Kier alpha value is -1.22. The zero-order chi connectivity index (χ0) is 13.8. The molecule has 2 rings (SSSR count). The summed E-state index contributed by atoms with van der Waals surface area (Å²) in [6.07, 6.45) is 1.24. The van der Waals surface area contributed by atoms with Gasteiger partial charge in [-0.15, -0.1) is 0 Å². The summed E-state index contributed by atoms with van der Waals surface area (Å²) in [4.78, 5) is 4.65. The Morgan fingerprint density at radius 2 is 1.95 bits per heavy atom. The molecule has 1 aliphatic heterocycles. The van der Waals surface area contributed by atoms with E-state index in [-0.39, 0.29) is 0 Å². The van der Waals surface area contributed by atoms with Gasteiger partial charge in [-0.25, -0.2) is 0 Å². The summed E-state index contributed by atoms with van der Waals surface area (Å²) in [6, 6.07) is 9.58. The minimum absolute atomic E-state index is 0.683. The van der Waals surface area contributed by atoms with Gasteiger partial charge in [0, 0.05) is 44.6 Å². The molecule has 3 nitrogen and oxygen atoms in total. The van der Waals surface area contributed by atoms with Crippen LogP contribution < -0.4 is 15.1 Å². The molecule has 2 unspecified atom stereocenters. The molecule has 1 aliphatic rings. The average Bonchev–Trinajstić information content (AvgIpc) is 2.41. The molecule has 19 heavy (non-hydrogen) atoms. The van der Waals surface area contributed by atoms with Crippen molar-refractivity contribution in [3.63, 3.8) is 0 Å². The highest BCUT2D eigenvalue weighted by Crippen LogP contribution is 2.25. The fourth-order valence-corrected chi connectivity index (χ4v) is 2.91. The minimum atomic E-state index is 0.683. The van der Waals surface area contributed by atoms with Crippen LogP contribution in [0.15, 0.2) is 24.3 Å². The van der Waals surface area contributed by atoms with Gasteiger partial charge in [0.15, 0.2) is 0 Å². The fourth-order valence-electron chi connectivity index (χ4n) is 2.91. The maximum atomic E-state index is 3.60. The van der Waals surface area contributed by atoms with E-state index in [0.717, 1.165) is 19.6 Å². The summed E-state index contributed by atoms with van der Waals surface area (Å²) >= 11 is 0. The van der Waals surface area contributed by atoms with Crippen LogP contribution in [0.3, 0.4) is 0 Å². The highest BCUT2D eigenvalue weighted by molar-refractivity contribution is 5.56. The highest BCUT2D eigenvalue weighted by Gasteiger charge is 2.25. The third-order valence-electron chi connectivity index (χ3n) is 4.10. The van der Waals surface area contributed by atoms with Crippen molar-refractivity contribution < 1.29 is 0 Å². The maximum absolute atomic E-state index is 3.60. The van der Waals surface area contributed by atoms with Gasteiger partial charge >= 0.3 is 0 Å². The molecule has 1 N–H and O–H groups in total. The van der Waals surface area contributed by atoms with Gasteiger partial charge in [0.1, 0.15) is 0 Å². The fraction of sp³-hybridized carbons (Fsp3) is 0.625. The van der Waals surface area contributed by atoms with Gasteiger partial charge in [-0.05, 0) is 43.1 Å². The van der Waals surface area contributed by atoms with Crippen molar-refractivity contribution in [1.29, 1.82) is 0 Å². The summed E-state index contributed by atoms with van der Waals surface area (Å²) in [5, 5.41) is 3.60. The monoisotopic (exact) mass is 261 g/mol. The normalized spacial score (nSPS) is 23.5. The molecule has 0 aromatic heterocycles. The van der Waals surface area contributed by atoms with Crippen molar-refractivity contribution in [2.45, 2.75) is 26.3 Å². The second kappa shape index (κ2) is 6.29. The number of rotatable bonds is 4. The lowest BCUT2D eigenvalue weighted by Gasteiger charge is -2.38. The number of piperidine rings is 1. The molecule has 1 saturated heterocycles. The summed E-state index contributed by atoms with van der Waals surface area (Å²) in [7, 11) is 4.16. The molecule has 1 heterocycles. The zero-order valence-corrected chi connectivity index (χ0v) is 12.7. The summed E-state index contributed by atoms with van der Waals surface area (Å²) in [5.41, 5.74) is 2.62. The number of hydrogen-bond donors (Lipinski definition) is 1. The highest BCUT2D eigenvalue weighted by atomic mass is 15.2. The summed E-state index contributed by atoms with van der Waals surface area (Å²) in [5.74, 6) is 0.710. The second-order valence-corrected chi connectivity index (χ2v) is 5.79. The molecular formula is C16H27N3. The van der Waals surface area contributed by atoms with Crippen LogP contribution in [0.2, 0.25) is 0 Å². The molecule has 0 amide bonds. The van der Waals surface area contributed by atoms with E-state index in [2.05, 4.69) is 67.3 Å². The van der Waals surface area contributed by atoms with Crippen LogP contribution in [0, 0.1) is 5.92 Å². The third-order valence-corrected chi connectivity index (χ3v) is 4.10. The SMILES string of the molecule is CCNC1CCN(c2ccc(N(C)C)cc2)CC1C.